The molecule has 0 N–H and O–H groups in total. The number of rotatable bonds is 7. The fraction of sp³-hybridized carbons (Fsp3) is 0.846. The molecule has 0 aromatic carbocycles. The van der Waals surface area contributed by atoms with Crippen LogP contribution in [-0.4, -0.2) is 67.7 Å². The van der Waals surface area contributed by atoms with Gasteiger partial charge in [0.05, 0.1) is 0 Å². The van der Waals surface area contributed by atoms with E-state index in [2.05, 4.69) is 14.2 Å². The number of cyclic esters (lactones) is 2. The molecule has 0 amide bonds. The maximum atomic E-state index is 13.5. The molecular weight excluding hydrogens is 483 g/mol. The summed E-state index contributed by atoms with van der Waals surface area (Å²) < 4.78 is 180. The molecule has 1 aliphatic heterocycles. The Balaban J connectivity index is 3.14. The molecule has 0 atom stereocenters. The van der Waals surface area contributed by atoms with Crippen molar-refractivity contribution in [2.24, 2.45) is 5.41 Å². The highest BCUT2D eigenvalue weighted by Crippen LogP contribution is 2.60. The summed E-state index contributed by atoms with van der Waals surface area (Å²) in [6, 6.07) is 0. The Kier molecular flexibility index (Phi) is 6.46. The van der Waals surface area contributed by atoms with Crippen LogP contribution in [0, 0.1) is 5.41 Å². The van der Waals surface area contributed by atoms with E-state index in [1.165, 1.54) is 0 Å². The smallest absolute Gasteiger partial charge is 0.458 e. The minimum atomic E-state index is -8.05. The summed E-state index contributed by atoms with van der Waals surface area (Å²) in [6.07, 6.45) is -8.88. The standard InChI is InChI=1S/C13H9F13O5/c1-7(2-30-6(28)31-3-7)5(27)29-4-8(14,15)9(16,17)10(18,19)11(20,21)12(22,23)13(24,25)26/h2-4H2,1H3. The maximum Gasteiger partial charge on any atom is 0.508 e. The lowest BCUT2D eigenvalue weighted by atomic mass is 9.92. The molecule has 0 spiro atoms. The van der Waals surface area contributed by atoms with Crippen molar-refractivity contribution in [2.75, 3.05) is 19.8 Å². The van der Waals surface area contributed by atoms with Gasteiger partial charge in [-0.25, -0.2) is 4.79 Å². The number of carbonyl (C=O) groups is 2. The Labute approximate surface area is 162 Å². The fourth-order valence-corrected chi connectivity index (χ4v) is 1.86. The van der Waals surface area contributed by atoms with E-state index >= 15 is 0 Å². The van der Waals surface area contributed by atoms with Gasteiger partial charge < -0.3 is 14.2 Å². The van der Waals surface area contributed by atoms with Crippen LogP contribution in [-0.2, 0) is 19.0 Å². The van der Waals surface area contributed by atoms with Crippen molar-refractivity contribution in [3.05, 3.63) is 0 Å². The Morgan fingerprint density at radius 3 is 1.58 bits per heavy atom. The number of alkyl halides is 13. The van der Waals surface area contributed by atoms with Gasteiger partial charge in [0.1, 0.15) is 18.6 Å². The van der Waals surface area contributed by atoms with Gasteiger partial charge in [0, 0.05) is 0 Å². The molecule has 1 fully saturated rings. The normalized spacial score (nSPS) is 18.8. The van der Waals surface area contributed by atoms with E-state index in [9.17, 15) is 66.7 Å². The van der Waals surface area contributed by atoms with Crippen molar-refractivity contribution in [1.29, 1.82) is 0 Å². The lowest BCUT2D eigenvalue weighted by Crippen LogP contribution is -2.70. The largest absolute Gasteiger partial charge is 0.508 e. The third kappa shape index (κ3) is 4.16. The lowest BCUT2D eigenvalue weighted by Gasteiger charge is -2.39. The van der Waals surface area contributed by atoms with Gasteiger partial charge in [-0.1, -0.05) is 0 Å². The van der Waals surface area contributed by atoms with Crippen LogP contribution in [0.25, 0.3) is 0 Å². The molecule has 182 valence electrons. The van der Waals surface area contributed by atoms with E-state index in [1.807, 2.05) is 0 Å². The molecule has 31 heavy (non-hydrogen) atoms. The molecule has 0 saturated carbocycles. The van der Waals surface area contributed by atoms with Crippen molar-refractivity contribution in [2.45, 2.75) is 42.7 Å². The summed E-state index contributed by atoms with van der Waals surface area (Å²) >= 11 is 0. The minimum Gasteiger partial charge on any atom is -0.458 e. The van der Waals surface area contributed by atoms with Crippen LogP contribution in [0.4, 0.5) is 61.9 Å². The van der Waals surface area contributed by atoms with Crippen molar-refractivity contribution in [1.82, 2.24) is 0 Å². The van der Waals surface area contributed by atoms with E-state index in [1.54, 1.807) is 0 Å². The number of hydrogen-bond acceptors (Lipinski definition) is 5. The fourth-order valence-electron chi connectivity index (χ4n) is 1.86. The predicted molar refractivity (Wildman–Crippen MR) is 67.2 cm³/mol. The maximum absolute atomic E-state index is 13.5. The molecule has 1 aliphatic rings. The molecule has 0 radical (unpaired) electrons. The predicted octanol–water partition coefficient (Wildman–Crippen LogP) is 4.44. The lowest BCUT2D eigenvalue weighted by molar-refractivity contribution is -0.441. The Morgan fingerprint density at radius 2 is 1.19 bits per heavy atom. The van der Waals surface area contributed by atoms with Gasteiger partial charge in [-0.15, -0.1) is 0 Å². The molecule has 0 aromatic heterocycles. The second kappa shape index (κ2) is 7.46. The molecular formula is C13H9F13O5. The van der Waals surface area contributed by atoms with Crippen LogP contribution in [0.2, 0.25) is 0 Å². The zero-order valence-electron chi connectivity index (χ0n) is 14.6. The van der Waals surface area contributed by atoms with E-state index < -0.39 is 73.1 Å². The summed E-state index contributed by atoms with van der Waals surface area (Å²) in [6.45, 7) is -4.26. The average molecular weight is 492 g/mol. The van der Waals surface area contributed by atoms with Crippen molar-refractivity contribution in [3.8, 4) is 0 Å². The van der Waals surface area contributed by atoms with Gasteiger partial charge in [-0.3, -0.25) is 4.79 Å². The molecule has 1 rings (SSSR count). The third-order valence-electron chi connectivity index (χ3n) is 3.89. The quantitative estimate of drug-likeness (QED) is 0.389. The van der Waals surface area contributed by atoms with Gasteiger partial charge in [0.25, 0.3) is 0 Å². The van der Waals surface area contributed by atoms with Crippen LogP contribution < -0.4 is 0 Å². The second-order valence-electron chi connectivity index (χ2n) is 6.46. The Hall–Kier alpha value is -2.17. The van der Waals surface area contributed by atoms with E-state index in [4.69, 9.17) is 0 Å². The van der Waals surface area contributed by atoms with Crippen LogP contribution in [0.3, 0.4) is 0 Å². The Bertz CT molecular complexity index is 705. The van der Waals surface area contributed by atoms with Crippen molar-refractivity contribution >= 4 is 12.1 Å². The number of hydrogen-bond donors (Lipinski definition) is 0. The highest BCUT2D eigenvalue weighted by molar-refractivity contribution is 5.78. The third-order valence-corrected chi connectivity index (χ3v) is 3.89. The van der Waals surface area contributed by atoms with Gasteiger partial charge >= 0.3 is 47.9 Å². The van der Waals surface area contributed by atoms with E-state index in [0.29, 0.717) is 0 Å². The molecule has 0 unspecified atom stereocenters. The molecule has 18 heteroatoms. The summed E-state index contributed by atoms with van der Waals surface area (Å²) in [5, 5.41) is 0. The first-order valence-electron chi connectivity index (χ1n) is 7.40. The molecule has 5 nitrogen and oxygen atoms in total. The molecule has 1 heterocycles. The second-order valence-corrected chi connectivity index (χ2v) is 6.46. The first kappa shape index (κ1) is 26.9. The van der Waals surface area contributed by atoms with Gasteiger partial charge in [0.15, 0.2) is 6.61 Å². The van der Waals surface area contributed by atoms with Crippen molar-refractivity contribution in [3.63, 3.8) is 0 Å². The average Bonchev–Trinajstić information content (AvgIpc) is 2.60. The Morgan fingerprint density at radius 1 is 0.806 bits per heavy atom. The first-order chi connectivity index (χ1) is 13.5. The topological polar surface area (TPSA) is 61.8 Å². The number of esters is 1. The van der Waals surface area contributed by atoms with Gasteiger partial charge in [-0.2, -0.15) is 57.1 Å². The minimum absolute atomic E-state index is 0.782. The van der Waals surface area contributed by atoms with E-state index in [-0.39, 0.29) is 0 Å². The van der Waals surface area contributed by atoms with Crippen LogP contribution in [0.5, 0.6) is 0 Å². The monoisotopic (exact) mass is 492 g/mol. The highest BCUT2D eigenvalue weighted by atomic mass is 19.4. The zero-order valence-corrected chi connectivity index (χ0v) is 14.6. The van der Waals surface area contributed by atoms with E-state index in [0.717, 1.165) is 6.92 Å². The number of halogens is 13. The van der Waals surface area contributed by atoms with Crippen molar-refractivity contribution < 1.29 is 80.9 Å². The summed E-state index contributed by atoms with van der Waals surface area (Å²) in [4.78, 5) is 22.3. The van der Waals surface area contributed by atoms with Crippen LogP contribution in [0.1, 0.15) is 6.92 Å². The molecule has 1 saturated heterocycles. The molecule has 0 aromatic rings. The van der Waals surface area contributed by atoms with Gasteiger partial charge in [0.2, 0.25) is 0 Å². The summed E-state index contributed by atoms with van der Waals surface area (Å²) in [5.41, 5.74) is -2.16. The number of ether oxygens (including phenoxy) is 3. The number of carbonyl (C=O) groups excluding carboxylic acids is 2. The highest BCUT2D eigenvalue weighted by Gasteiger charge is 2.90. The first-order valence-corrected chi connectivity index (χ1v) is 7.40. The molecule has 0 bridgehead atoms. The zero-order chi connectivity index (χ0) is 24.9. The van der Waals surface area contributed by atoms with Crippen LogP contribution >= 0.6 is 0 Å². The SMILES string of the molecule is CC1(C(=O)OCC(F)(F)C(F)(F)C(F)(F)C(F)(F)C(F)(F)C(F)(F)F)COC(=O)OC1. The summed E-state index contributed by atoms with van der Waals surface area (Å²) in [7, 11) is 0. The summed E-state index contributed by atoms with van der Waals surface area (Å²) in [5.74, 6) is -40.0. The van der Waals surface area contributed by atoms with Gasteiger partial charge in [-0.05, 0) is 6.92 Å². The molecule has 0 aliphatic carbocycles. The van der Waals surface area contributed by atoms with Crippen LogP contribution in [0.15, 0.2) is 0 Å².